The molecule has 0 unspecified atom stereocenters. The zero-order valence-electron chi connectivity index (χ0n) is 13.0. The smallest absolute Gasteiger partial charge is 0.224 e. The van der Waals surface area contributed by atoms with E-state index >= 15 is 0 Å². The number of anilines is 1. The van der Waals surface area contributed by atoms with Crippen LogP contribution < -0.4 is 4.90 Å². The summed E-state index contributed by atoms with van der Waals surface area (Å²) in [6.07, 6.45) is 5.05. The van der Waals surface area contributed by atoms with Crippen molar-refractivity contribution in [2.75, 3.05) is 38.8 Å². The molecule has 1 aromatic heterocycles. The molecular formula is C15H26N4O. The maximum Gasteiger partial charge on any atom is 0.224 e. The third kappa shape index (κ3) is 4.15. The van der Waals surface area contributed by atoms with Crippen LogP contribution in [0.4, 0.5) is 5.95 Å². The van der Waals surface area contributed by atoms with Crippen molar-refractivity contribution in [3.05, 3.63) is 18.0 Å². The van der Waals surface area contributed by atoms with Gasteiger partial charge < -0.3 is 9.64 Å². The lowest BCUT2D eigenvalue weighted by Crippen LogP contribution is -2.45. The Morgan fingerprint density at radius 1 is 1.35 bits per heavy atom. The molecule has 0 aromatic carbocycles. The summed E-state index contributed by atoms with van der Waals surface area (Å²) in [6, 6.07) is 0.511. The Hall–Kier alpha value is -1.20. The molecule has 0 amide bonds. The third-order valence-corrected chi connectivity index (χ3v) is 3.57. The molecule has 0 saturated carbocycles. The van der Waals surface area contributed by atoms with E-state index in [0.717, 1.165) is 32.3 Å². The first-order chi connectivity index (χ1) is 9.56. The van der Waals surface area contributed by atoms with Crippen molar-refractivity contribution < 1.29 is 4.74 Å². The van der Waals surface area contributed by atoms with E-state index in [1.54, 1.807) is 0 Å². The molecule has 0 radical (unpaired) electrons. The fourth-order valence-electron chi connectivity index (χ4n) is 2.55. The van der Waals surface area contributed by atoms with Crippen LogP contribution >= 0.6 is 0 Å². The molecule has 5 heteroatoms. The number of hydrogen-bond acceptors (Lipinski definition) is 5. The minimum atomic E-state index is 0.511. The van der Waals surface area contributed by atoms with Crippen LogP contribution in [-0.4, -0.2) is 54.8 Å². The van der Waals surface area contributed by atoms with E-state index in [1.807, 2.05) is 31.4 Å². The van der Waals surface area contributed by atoms with Gasteiger partial charge in [-0.1, -0.05) is 13.8 Å². The van der Waals surface area contributed by atoms with Crippen molar-refractivity contribution in [1.82, 2.24) is 14.9 Å². The van der Waals surface area contributed by atoms with Crippen LogP contribution in [0, 0.1) is 5.92 Å². The van der Waals surface area contributed by atoms with Crippen molar-refractivity contribution in [3.63, 3.8) is 0 Å². The molecule has 1 aromatic rings. The average molecular weight is 278 g/mol. The third-order valence-electron chi connectivity index (χ3n) is 3.57. The van der Waals surface area contributed by atoms with E-state index in [-0.39, 0.29) is 0 Å². The van der Waals surface area contributed by atoms with Gasteiger partial charge in [0.15, 0.2) is 0 Å². The van der Waals surface area contributed by atoms with Crippen LogP contribution in [0.15, 0.2) is 12.4 Å². The van der Waals surface area contributed by atoms with Gasteiger partial charge in [-0.2, -0.15) is 0 Å². The predicted octanol–water partition coefficient (Wildman–Crippen LogP) is 1.79. The predicted molar refractivity (Wildman–Crippen MR) is 80.8 cm³/mol. The van der Waals surface area contributed by atoms with Crippen LogP contribution in [0.1, 0.15) is 25.8 Å². The van der Waals surface area contributed by atoms with Gasteiger partial charge in [0.05, 0.1) is 13.2 Å². The van der Waals surface area contributed by atoms with Gasteiger partial charge >= 0.3 is 0 Å². The van der Waals surface area contributed by atoms with Gasteiger partial charge in [0.2, 0.25) is 5.95 Å². The van der Waals surface area contributed by atoms with Crippen molar-refractivity contribution in [2.24, 2.45) is 5.92 Å². The normalized spacial score (nSPS) is 20.4. The maximum atomic E-state index is 5.62. The minimum absolute atomic E-state index is 0.511. The molecule has 0 bridgehead atoms. The van der Waals surface area contributed by atoms with Gasteiger partial charge in [-0.05, 0) is 12.3 Å². The summed E-state index contributed by atoms with van der Waals surface area (Å²) < 4.78 is 5.62. The summed E-state index contributed by atoms with van der Waals surface area (Å²) in [5.74, 6) is 1.45. The molecule has 2 rings (SSSR count). The Kier molecular flexibility index (Phi) is 5.31. The standard InChI is InChI=1S/C15H26N4O/c1-12(2)7-14-11-20-6-5-19(14)10-13-8-16-15(17-9-13)18(3)4/h8-9,12,14H,5-7,10-11H2,1-4H3/t14-/m0/s1. The topological polar surface area (TPSA) is 41.5 Å². The van der Waals surface area contributed by atoms with Crippen molar-refractivity contribution >= 4 is 5.95 Å². The summed E-state index contributed by atoms with van der Waals surface area (Å²) in [5, 5.41) is 0. The second kappa shape index (κ2) is 6.99. The monoisotopic (exact) mass is 278 g/mol. The average Bonchev–Trinajstić information content (AvgIpc) is 2.41. The molecule has 0 N–H and O–H groups in total. The van der Waals surface area contributed by atoms with Gasteiger partial charge in [0.1, 0.15) is 0 Å². The zero-order chi connectivity index (χ0) is 14.5. The van der Waals surface area contributed by atoms with Crippen molar-refractivity contribution in [2.45, 2.75) is 32.9 Å². The number of aromatic nitrogens is 2. The summed E-state index contributed by atoms with van der Waals surface area (Å²) in [6.45, 7) is 8.10. The molecule has 1 atom stereocenters. The first kappa shape index (κ1) is 15.2. The largest absolute Gasteiger partial charge is 0.378 e. The Balaban J connectivity index is 1.99. The highest BCUT2D eigenvalue weighted by Crippen LogP contribution is 2.18. The van der Waals surface area contributed by atoms with E-state index in [9.17, 15) is 0 Å². The molecule has 0 aliphatic carbocycles. The number of nitrogens with zero attached hydrogens (tertiary/aromatic N) is 4. The van der Waals surface area contributed by atoms with E-state index in [4.69, 9.17) is 4.74 Å². The van der Waals surface area contributed by atoms with Crippen molar-refractivity contribution in [3.8, 4) is 0 Å². The molecule has 1 aliphatic heterocycles. The fourth-order valence-corrected chi connectivity index (χ4v) is 2.55. The number of morpholine rings is 1. The second-order valence-corrected chi connectivity index (χ2v) is 6.11. The van der Waals surface area contributed by atoms with Crippen LogP contribution in [0.3, 0.4) is 0 Å². The zero-order valence-corrected chi connectivity index (χ0v) is 13.0. The number of hydrogen-bond donors (Lipinski definition) is 0. The highest BCUT2D eigenvalue weighted by atomic mass is 16.5. The van der Waals surface area contributed by atoms with Crippen LogP contribution in [0.25, 0.3) is 0 Å². The fraction of sp³-hybridized carbons (Fsp3) is 0.733. The molecule has 20 heavy (non-hydrogen) atoms. The Morgan fingerprint density at radius 2 is 2.05 bits per heavy atom. The summed E-state index contributed by atoms with van der Waals surface area (Å²) in [7, 11) is 3.91. The summed E-state index contributed by atoms with van der Waals surface area (Å²) in [5.41, 5.74) is 1.17. The van der Waals surface area contributed by atoms with Gasteiger partial charge in [0.25, 0.3) is 0 Å². The number of ether oxygens (including phenoxy) is 1. The Bertz CT molecular complexity index is 405. The molecule has 5 nitrogen and oxygen atoms in total. The van der Waals surface area contributed by atoms with Crippen LogP contribution in [-0.2, 0) is 11.3 Å². The number of rotatable bonds is 5. The first-order valence-electron chi connectivity index (χ1n) is 7.36. The molecular weight excluding hydrogens is 252 g/mol. The first-order valence-corrected chi connectivity index (χ1v) is 7.36. The summed E-state index contributed by atoms with van der Waals surface area (Å²) in [4.78, 5) is 13.2. The summed E-state index contributed by atoms with van der Waals surface area (Å²) >= 11 is 0. The molecule has 1 fully saturated rings. The van der Waals surface area contributed by atoms with Crippen LogP contribution in [0.2, 0.25) is 0 Å². The highest BCUT2D eigenvalue weighted by Gasteiger charge is 2.23. The quantitative estimate of drug-likeness (QED) is 0.821. The van der Waals surface area contributed by atoms with E-state index in [2.05, 4.69) is 28.7 Å². The van der Waals surface area contributed by atoms with E-state index < -0.39 is 0 Å². The Morgan fingerprint density at radius 3 is 2.65 bits per heavy atom. The SMILES string of the molecule is CC(C)C[C@H]1COCCN1Cc1cnc(N(C)C)nc1. The lowest BCUT2D eigenvalue weighted by Gasteiger charge is -2.36. The second-order valence-electron chi connectivity index (χ2n) is 6.11. The van der Waals surface area contributed by atoms with Gasteiger partial charge in [-0.25, -0.2) is 9.97 Å². The minimum Gasteiger partial charge on any atom is -0.378 e. The molecule has 1 aliphatic rings. The molecule has 112 valence electrons. The van der Waals surface area contributed by atoms with Crippen LogP contribution in [0.5, 0.6) is 0 Å². The highest BCUT2D eigenvalue weighted by molar-refractivity contribution is 5.26. The van der Waals surface area contributed by atoms with Crippen molar-refractivity contribution in [1.29, 1.82) is 0 Å². The molecule has 0 spiro atoms. The molecule has 2 heterocycles. The van der Waals surface area contributed by atoms with Gasteiger partial charge in [-0.15, -0.1) is 0 Å². The maximum absolute atomic E-state index is 5.62. The lowest BCUT2D eigenvalue weighted by molar-refractivity contribution is -0.0187. The lowest BCUT2D eigenvalue weighted by atomic mass is 10.0. The van der Waals surface area contributed by atoms with Gasteiger partial charge in [-0.3, -0.25) is 4.90 Å². The van der Waals surface area contributed by atoms with Gasteiger partial charge in [0, 0.05) is 51.2 Å². The molecule has 1 saturated heterocycles. The Labute approximate surface area is 122 Å². The van der Waals surface area contributed by atoms with E-state index in [1.165, 1.54) is 12.0 Å². The van der Waals surface area contributed by atoms with E-state index in [0.29, 0.717) is 12.0 Å².